The van der Waals surface area contributed by atoms with Gasteiger partial charge >= 0.3 is 18.2 Å². The van der Waals surface area contributed by atoms with Crippen LogP contribution in [0.3, 0.4) is 0 Å². The van der Waals surface area contributed by atoms with Crippen molar-refractivity contribution < 1.29 is 37.4 Å². The van der Waals surface area contributed by atoms with Crippen molar-refractivity contribution in [2.24, 2.45) is 0 Å². The number of alkyl halides is 3. The van der Waals surface area contributed by atoms with Crippen LogP contribution in [0.15, 0.2) is 36.4 Å². The minimum absolute atomic E-state index is 0.0336. The largest absolute Gasteiger partial charge is 0.490 e. The highest BCUT2D eigenvalue weighted by Gasteiger charge is 2.38. The van der Waals surface area contributed by atoms with Gasteiger partial charge in [-0.05, 0) is 29.8 Å². The summed E-state index contributed by atoms with van der Waals surface area (Å²) in [6.45, 7) is 0. The Labute approximate surface area is 153 Å². The SMILES string of the molecule is O=C(O)C(F)(F)F.O=C(O)Nc1cc(Cl)ccc1-c1ccc(F)c(Cl)c1. The van der Waals surface area contributed by atoms with E-state index in [0.717, 1.165) is 0 Å². The molecule has 0 aliphatic rings. The fourth-order valence-electron chi connectivity index (χ4n) is 1.65. The lowest BCUT2D eigenvalue weighted by Gasteiger charge is -2.10. The van der Waals surface area contributed by atoms with Crippen LogP contribution in [0.2, 0.25) is 10.0 Å². The molecule has 0 aliphatic heterocycles. The number of carboxylic acids is 1. The molecule has 11 heteroatoms. The second-order valence-electron chi connectivity index (χ2n) is 4.55. The summed E-state index contributed by atoms with van der Waals surface area (Å²) in [5.74, 6) is -3.29. The topological polar surface area (TPSA) is 86.6 Å². The highest BCUT2D eigenvalue weighted by molar-refractivity contribution is 6.31. The first-order valence-corrected chi connectivity index (χ1v) is 7.22. The zero-order valence-corrected chi connectivity index (χ0v) is 14.0. The molecule has 2 rings (SSSR count). The van der Waals surface area contributed by atoms with Crippen molar-refractivity contribution in [3.05, 3.63) is 52.3 Å². The Bertz CT molecular complexity index is 828. The van der Waals surface area contributed by atoms with E-state index in [2.05, 4.69) is 5.32 Å². The van der Waals surface area contributed by atoms with E-state index in [0.29, 0.717) is 21.8 Å². The molecule has 2 aromatic carbocycles. The maximum absolute atomic E-state index is 13.1. The first-order valence-electron chi connectivity index (χ1n) is 6.47. The Balaban J connectivity index is 0.000000412. The number of carbonyl (C=O) groups is 2. The van der Waals surface area contributed by atoms with Crippen LogP contribution in [-0.2, 0) is 4.79 Å². The second-order valence-corrected chi connectivity index (χ2v) is 5.40. The summed E-state index contributed by atoms with van der Waals surface area (Å²) in [6, 6.07) is 8.88. The Kier molecular flexibility index (Phi) is 7.22. The summed E-state index contributed by atoms with van der Waals surface area (Å²) in [4.78, 5) is 19.6. The third kappa shape index (κ3) is 6.41. The number of hydrogen-bond donors (Lipinski definition) is 3. The first-order chi connectivity index (χ1) is 11.9. The van der Waals surface area contributed by atoms with Gasteiger partial charge in [-0.15, -0.1) is 0 Å². The maximum atomic E-state index is 13.1. The zero-order valence-electron chi connectivity index (χ0n) is 12.4. The maximum Gasteiger partial charge on any atom is 0.490 e. The highest BCUT2D eigenvalue weighted by atomic mass is 35.5. The van der Waals surface area contributed by atoms with Gasteiger partial charge in [0.2, 0.25) is 0 Å². The van der Waals surface area contributed by atoms with Crippen molar-refractivity contribution in [2.75, 3.05) is 5.32 Å². The molecule has 5 nitrogen and oxygen atoms in total. The third-order valence-corrected chi connectivity index (χ3v) is 3.22. The number of amides is 1. The summed E-state index contributed by atoms with van der Waals surface area (Å²) in [6.07, 6.45) is -6.29. The van der Waals surface area contributed by atoms with Gasteiger partial charge < -0.3 is 10.2 Å². The zero-order chi connectivity index (χ0) is 20.1. The van der Waals surface area contributed by atoms with E-state index in [9.17, 15) is 22.4 Å². The lowest BCUT2D eigenvalue weighted by molar-refractivity contribution is -0.192. The molecule has 0 bridgehead atoms. The molecule has 0 aromatic heterocycles. The van der Waals surface area contributed by atoms with Crippen LogP contribution in [0.1, 0.15) is 0 Å². The first kappa shape index (κ1) is 21.5. The van der Waals surface area contributed by atoms with Gasteiger partial charge in [-0.25, -0.2) is 14.0 Å². The standard InChI is InChI=1S/C13H8Cl2FNO2.C2HF3O2/c14-8-2-3-9(12(6-8)17-13(18)19)7-1-4-11(16)10(15)5-7;3-2(4,5)1(6)7/h1-6,17H,(H,18,19);(H,6,7). The molecular formula is C15H9Cl2F4NO4. The lowest BCUT2D eigenvalue weighted by atomic mass is 10.0. The van der Waals surface area contributed by atoms with Crippen molar-refractivity contribution in [3.8, 4) is 11.1 Å². The fraction of sp³-hybridized carbons (Fsp3) is 0.0667. The monoisotopic (exact) mass is 413 g/mol. The number of hydrogen-bond acceptors (Lipinski definition) is 2. The van der Waals surface area contributed by atoms with Gasteiger partial charge in [0.25, 0.3) is 0 Å². The molecule has 0 spiro atoms. The van der Waals surface area contributed by atoms with Crippen molar-refractivity contribution in [2.45, 2.75) is 6.18 Å². The van der Waals surface area contributed by atoms with E-state index < -0.39 is 24.1 Å². The van der Waals surface area contributed by atoms with Crippen LogP contribution in [0.25, 0.3) is 11.1 Å². The van der Waals surface area contributed by atoms with Crippen LogP contribution in [-0.4, -0.2) is 28.5 Å². The number of halogens is 6. The average molecular weight is 414 g/mol. The van der Waals surface area contributed by atoms with Crippen LogP contribution in [0.4, 0.5) is 28.0 Å². The van der Waals surface area contributed by atoms with Crippen molar-refractivity contribution in [1.29, 1.82) is 0 Å². The Hall–Kier alpha value is -2.52. The number of benzene rings is 2. The summed E-state index contributed by atoms with van der Waals surface area (Å²) in [7, 11) is 0. The molecule has 0 unspecified atom stereocenters. The molecule has 3 N–H and O–H groups in total. The predicted molar refractivity (Wildman–Crippen MR) is 87.2 cm³/mol. The molecule has 2 aromatic rings. The Morgan fingerprint density at radius 3 is 2.04 bits per heavy atom. The number of aliphatic carboxylic acids is 1. The normalized spacial score (nSPS) is 10.5. The second kappa shape index (κ2) is 8.72. The lowest BCUT2D eigenvalue weighted by Crippen LogP contribution is -2.21. The molecule has 1 amide bonds. The van der Waals surface area contributed by atoms with Crippen molar-refractivity contribution >= 4 is 41.0 Å². The van der Waals surface area contributed by atoms with E-state index in [-0.39, 0.29) is 5.02 Å². The van der Waals surface area contributed by atoms with E-state index in [1.807, 2.05) is 0 Å². The molecule has 0 atom stereocenters. The third-order valence-electron chi connectivity index (χ3n) is 2.70. The van der Waals surface area contributed by atoms with Crippen LogP contribution >= 0.6 is 23.2 Å². The van der Waals surface area contributed by atoms with Crippen LogP contribution < -0.4 is 5.32 Å². The summed E-state index contributed by atoms with van der Waals surface area (Å²) in [5, 5.41) is 18.5. The smallest absolute Gasteiger partial charge is 0.475 e. The van der Waals surface area contributed by atoms with Crippen LogP contribution in [0.5, 0.6) is 0 Å². The fourth-order valence-corrected chi connectivity index (χ4v) is 2.00. The highest BCUT2D eigenvalue weighted by Crippen LogP contribution is 2.32. The van der Waals surface area contributed by atoms with E-state index >= 15 is 0 Å². The van der Waals surface area contributed by atoms with E-state index in [1.165, 1.54) is 24.3 Å². The molecular weight excluding hydrogens is 405 g/mol. The number of rotatable bonds is 2. The van der Waals surface area contributed by atoms with Crippen molar-refractivity contribution in [3.63, 3.8) is 0 Å². The minimum atomic E-state index is -5.08. The van der Waals surface area contributed by atoms with Gasteiger partial charge in [0.15, 0.2) is 0 Å². The summed E-state index contributed by atoms with van der Waals surface area (Å²) < 4.78 is 44.9. The molecule has 0 aliphatic carbocycles. The predicted octanol–water partition coefficient (Wildman–Crippen LogP) is 5.52. The molecule has 0 heterocycles. The van der Waals surface area contributed by atoms with Crippen LogP contribution in [0, 0.1) is 5.82 Å². The molecule has 0 saturated carbocycles. The summed E-state index contributed by atoms with van der Waals surface area (Å²) >= 11 is 11.5. The average Bonchev–Trinajstić information content (AvgIpc) is 2.49. The van der Waals surface area contributed by atoms with Gasteiger partial charge in [0.05, 0.1) is 10.7 Å². The molecule has 0 radical (unpaired) electrons. The van der Waals surface area contributed by atoms with Gasteiger partial charge in [-0.2, -0.15) is 13.2 Å². The van der Waals surface area contributed by atoms with Gasteiger partial charge in [0.1, 0.15) is 5.82 Å². The molecule has 140 valence electrons. The number of nitrogens with one attached hydrogen (secondary N) is 1. The van der Waals surface area contributed by atoms with Gasteiger partial charge in [-0.3, -0.25) is 5.32 Å². The molecule has 0 saturated heterocycles. The Morgan fingerprint density at radius 2 is 1.58 bits per heavy atom. The number of anilines is 1. The number of carboxylic acid groups (broad SMARTS) is 2. The quantitative estimate of drug-likeness (QED) is 0.565. The molecule has 0 fully saturated rings. The van der Waals surface area contributed by atoms with E-state index in [1.54, 1.807) is 12.1 Å². The Morgan fingerprint density at radius 1 is 1.00 bits per heavy atom. The molecule has 26 heavy (non-hydrogen) atoms. The van der Waals surface area contributed by atoms with Gasteiger partial charge in [0, 0.05) is 10.6 Å². The summed E-state index contributed by atoms with van der Waals surface area (Å²) in [5.41, 5.74) is 1.46. The van der Waals surface area contributed by atoms with Crippen molar-refractivity contribution in [1.82, 2.24) is 0 Å². The van der Waals surface area contributed by atoms with Gasteiger partial charge in [-0.1, -0.05) is 35.3 Å². The minimum Gasteiger partial charge on any atom is -0.475 e. The van der Waals surface area contributed by atoms with E-state index in [4.69, 9.17) is 38.2 Å².